The molecule has 5 nitrogen and oxygen atoms in total. The molecule has 22 heavy (non-hydrogen) atoms. The van der Waals surface area contributed by atoms with Crippen LogP contribution in [-0.4, -0.2) is 59.0 Å². The standard InChI is InChI=1S/C17H23NO4/c1-18-12-7-13(9-15(18)16(20)8-12)22-17(21)14(10-19)11-5-3-2-4-6-11/h2-6,12-16,19-20H,7-10H2,1H3/t12?,13-,14?,15?,16-/m0/s1. The van der Waals surface area contributed by atoms with E-state index < -0.39 is 5.92 Å². The average molecular weight is 305 g/mol. The summed E-state index contributed by atoms with van der Waals surface area (Å²) in [4.78, 5) is 14.6. The monoisotopic (exact) mass is 305 g/mol. The molecule has 0 spiro atoms. The van der Waals surface area contributed by atoms with Crippen LogP contribution in [0.25, 0.3) is 0 Å². The highest BCUT2D eigenvalue weighted by atomic mass is 16.5. The van der Waals surface area contributed by atoms with Crippen LogP contribution in [0.4, 0.5) is 0 Å². The van der Waals surface area contributed by atoms with Crippen molar-refractivity contribution in [3.8, 4) is 0 Å². The van der Waals surface area contributed by atoms with Gasteiger partial charge in [-0.3, -0.25) is 9.69 Å². The van der Waals surface area contributed by atoms with Crippen LogP contribution >= 0.6 is 0 Å². The van der Waals surface area contributed by atoms with E-state index in [0.717, 1.165) is 18.4 Å². The van der Waals surface area contributed by atoms with E-state index in [2.05, 4.69) is 4.90 Å². The Hall–Kier alpha value is -1.43. The minimum absolute atomic E-state index is 0.0702. The number of hydrogen-bond donors (Lipinski definition) is 2. The third-order valence-electron chi connectivity index (χ3n) is 5.05. The molecule has 2 N–H and O–H groups in total. The van der Waals surface area contributed by atoms with Crippen molar-refractivity contribution in [3.63, 3.8) is 0 Å². The summed E-state index contributed by atoms with van der Waals surface area (Å²) in [7, 11) is 2.02. The SMILES string of the molecule is CN1C2C[C@H](OC(=O)C(CO)c3ccccc3)CC1[C@@H](O)C2. The van der Waals surface area contributed by atoms with E-state index in [9.17, 15) is 15.0 Å². The zero-order chi connectivity index (χ0) is 15.7. The Labute approximate surface area is 130 Å². The Morgan fingerprint density at radius 1 is 1.32 bits per heavy atom. The zero-order valence-corrected chi connectivity index (χ0v) is 12.8. The van der Waals surface area contributed by atoms with Crippen LogP contribution in [0, 0.1) is 0 Å². The van der Waals surface area contributed by atoms with E-state index in [1.807, 2.05) is 37.4 Å². The summed E-state index contributed by atoms with van der Waals surface area (Å²) in [5.74, 6) is -1.01. The minimum atomic E-state index is -0.636. The summed E-state index contributed by atoms with van der Waals surface area (Å²) in [6, 6.07) is 9.56. The number of fused-ring (bicyclic) bond motifs is 2. The predicted octanol–water partition coefficient (Wildman–Crippen LogP) is 0.902. The van der Waals surface area contributed by atoms with Gasteiger partial charge in [0, 0.05) is 24.9 Å². The van der Waals surface area contributed by atoms with Crippen molar-refractivity contribution in [1.82, 2.24) is 4.90 Å². The number of rotatable bonds is 4. The molecule has 2 aliphatic heterocycles. The van der Waals surface area contributed by atoms with Crippen molar-refractivity contribution in [2.45, 2.75) is 49.5 Å². The van der Waals surface area contributed by atoms with Gasteiger partial charge in [0.25, 0.3) is 0 Å². The Bertz CT molecular complexity index is 521. The molecule has 0 aliphatic carbocycles. The van der Waals surface area contributed by atoms with Crippen LogP contribution in [0.3, 0.4) is 0 Å². The second kappa shape index (κ2) is 6.36. The minimum Gasteiger partial charge on any atom is -0.462 e. The number of aliphatic hydroxyl groups excluding tert-OH is 2. The Balaban J connectivity index is 1.65. The van der Waals surface area contributed by atoms with Crippen LogP contribution < -0.4 is 0 Å². The molecule has 1 aromatic carbocycles. The molecule has 5 heteroatoms. The molecule has 1 aromatic rings. The maximum absolute atomic E-state index is 12.4. The molecule has 2 bridgehead atoms. The molecule has 2 heterocycles. The third-order valence-corrected chi connectivity index (χ3v) is 5.05. The molecule has 2 fully saturated rings. The number of nitrogens with zero attached hydrogens (tertiary/aromatic N) is 1. The lowest BCUT2D eigenvalue weighted by Crippen LogP contribution is -2.45. The van der Waals surface area contributed by atoms with Gasteiger partial charge in [0.2, 0.25) is 0 Å². The second-order valence-corrected chi connectivity index (χ2v) is 6.37. The molecule has 3 unspecified atom stereocenters. The first kappa shape index (κ1) is 15.5. The van der Waals surface area contributed by atoms with Gasteiger partial charge in [0.1, 0.15) is 12.0 Å². The van der Waals surface area contributed by atoms with Crippen LogP contribution in [0.1, 0.15) is 30.7 Å². The third kappa shape index (κ3) is 2.89. The number of carbonyl (C=O) groups excluding carboxylic acids is 1. The van der Waals surface area contributed by atoms with E-state index in [1.54, 1.807) is 0 Å². The maximum Gasteiger partial charge on any atom is 0.316 e. The number of piperidine rings is 1. The Morgan fingerprint density at radius 3 is 2.68 bits per heavy atom. The van der Waals surface area contributed by atoms with Crippen LogP contribution in [0.5, 0.6) is 0 Å². The topological polar surface area (TPSA) is 70.0 Å². The van der Waals surface area contributed by atoms with Crippen molar-refractivity contribution in [2.24, 2.45) is 0 Å². The van der Waals surface area contributed by atoms with E-state index in [-0.39, 0.29) is 36.9 Å². The van der Waals surface area contributed by atoms with Gasteiger partial charge in [-0.2, -0.15) is 0 Å². The number of ether oxygens (including phenoxy) is 1. The van der Waals surface area contributed by atoms with Gasteiger partial charge >= 0.3 is 5.97 Å². The molecule has 0 saturated carbocycles. The van der Waals surface area contributed by atoms with Gasteiger partial charge in [-0.1, -0.05) is 30.3 Å². The molecular formula is C17H23NO4. The van der Waals surface area contributed by atoms with Crippen LogP contribution in [0.15, 0.2) is 30.3 Å². The lowest BCUT2D eigenvalue weighted by molar-refractivity contribution is -0.155. The van der Waals surface area contributed by atoms with Gasteiger partial charge in [-0.15, -0.1) is 0 Å². The normalized spacial score (nSPS) is 32.7. The van der Waals surface area contributed by atoms with Crippen LogP contribution in [-0.2, 0) is 9.53 Å². The molecule has 0 amide bonds. The fourth-order valence-corrected chi connectivity index (χ4v) is 3.74. The van der Waals surface area contributed by atoms with Crippen molar-refractivity contribution >= 4 is 5.97 Å². The summed E-state index contributed by atoms with van der Waals surface area (Å²) in [6.07, 6.45) is 1.66. The first-order valence-corrected chi connectivity index (χ1v) is 7.86. The van der Waals surface area contributed by atoms with Crippen molar-refractivity contribution in [2.75, 3.05) is 13.7 Å². The van der Waals surface area contributed by atoms with Crippen molar-refractivity contribution < 1.29 is 19.7 Å². The van der Waals surface area contributed by atoms with E-state index in [0.29, 0.717) is 6.42 Å². The number of likely N-dealkylation sites (N-methyl/N-ethyl adjacent to an activating group) is 1. The summed E-state index contributed by atoms with van der Waals surface area (Å²) >= 11 is 0. The number of carbonyl (C=O) groups is 1. The fraction of sp³-hybridized carbons (Fsp3) is 0.588. The Morgan fingerprint density at radius 2 is 2.05 bits per heavy atom. The lowest BCUT2D eigenvalue weighted by Gasteiger charge is -2.36. The van der Waals surface area contributed by atoms with Crippen molar-refractivity contribution in [1.29, 1.82) is 0 Å². The fourth-order valence-electron chi connectivity index (χ4n) is 3.74. The van der Waals surface area contributed by atoms with Gasteiger partial charge in [-0.25, -0.2) is 0 Å². The number of hydrogen-bond acceptors (Lipinski definition) is 5. The number of esters is 1. The van der Waals surface area contributed by atoms with Gasteiger partial charge < -0.3 is 14.9 Å². The molecule has 3 rings (SSSR count). The summed E-state index contributed by atoms with van der Waals surface area (Å²) in [6.45, 7) is -0.259. The van der Waals surface area contributed by atoms with E-state index in [1.165, 1.54) is 0 Å². The summed E-state index contributed by atoms with van der Waals surface area (Å²) in [5.41, 5.74) is 0.769. The number of benzene rings is 1. The highest BCUT2D eigenvalue weighted by Gasteiger charge is 2.45. The van der Waals surface area contributed by atoms with Crippen LogP contribution in [0.2, 0.25) is 0 Å². The average Bonchev–Trinajstić information content (AvgIpc) is 2.68. The lowest BCUT2D eigenvalue weighted by atomic mass is 9.98. The van der Waals surface area contributed by atoms with Gasteiger partial charge in [0.15, 0.2) is 0 Å². The highest BCUT2D eigenvalue weighted by Crippen LogP contribution is 2.36. The first-order chi connectivity index (χ1) is 10.6. The largest absolute Gasteiger partial charge is 0.462 e. The predicted molar refractivity (Wildman–Crippen MR) is 81.3 cm³/mol. The molecule has 0 aromatic heterocycles. The van der Waals surface area contributed by atoms with E-state index in [4.69, 9.17) is 4.74 Å². The van der Waals surface area contributed by atoms with E-state index >= 15 is 0 Å². The molecule has 120 valence electrons. The first-order valence-electron chi connectivity index (χ1n) is 7.86. The quantitative estimate of drug-likeness (QED) is 0.809. The molecule has 2 saturated heterocycles. The summed E-state index contributed by atoms with van der Waals surface area (Å²) in [5, 5.41) is 19.6. The molecule has 5 atom stereocenters. The molecule has 2 aliphatic rings. The number of aliphatic hydroxyl groups is 2. The Kier molecular flexibility index (Phi) is 4.47. The molecular weight excluding hydrogens is 282 g/mol. The van der Waals surface area contributed by atoms with Gasteiger partial charge in [-0.05, 0) is 19.0 Å². The second-order valence-electron chi connectivity index (χ2n) is 6.37. The molecule has 0 radical (unpaired) electrons. The van der Waals surface area contributed by atoms with Crippen molar-refractivity contribution in [3.05, 3.63) is 35.9 Å². The zero-order valence-electron chi connectivity index (χ0n) is 12.8. The van der Waals surface area contributed by atoms with Gasteiger partial charge in [0.05, 0.1) is 12.7 Å². The maximum atomic E-state index is 12.4. The smallest absolute Gasteiger partial charge is 0.316 e. The summed E-state index contributed by atoms with van der Waals surface area (Å²) < 4.78 is 5.64. The highest BCUT2D eigenvalue weighted by molar-refractivity contribution is 5.78.